The highest BCUT2D eigenvalue weighted by atomic mass is 32.1. The summed E-state index contributed by atoms with van der Waals surface area (Å²) in [6.45, 7) is 0.171. The van der Waals surface area contributed by atoms with Gasteiger partial charge in [0.1, 0.15) is 11.8 Å². The Morgan fingerprint density at radius 3 is 2.87 bits per heavy atom. The summed E-state index contributed by atoms with van der Waals surface area (Å²) in [7, 11) is 1.59. The molecule has 2 heterocycles. The van der Waals surface area contributed by atoms with Crippen molar-refractivity contribution < 1.29 is 24.2 Å². The number of carboxylic acid groups (broad SMARTS) is 1. The van der Waals surface area contributed by atoms with E-state index in [9.17, 15) is 9.59 Å². The van der Waals surface area contributed by atoms with E-state index in [-0.39, 0.29) is 36.4 Å². The van der Waals surface area contributed by atoms with Gasteiger partial charge < -0.3 is 25.5 Å². The SMILES string of the molecule is CO[C@@H]1C[C@@H](C(=O)NCc2cscn2)CC[C@H]1NC(=O)c1cc(C#N)c[nH]1.O=CO. The second-order valence-electron chi connectivity index (χ2n) is 6.58. The number of aromatic nitrogens is 2. The molecule has 1 fully saturated rings. The molecular formula is C19H23N5O5S. The molecule has 3 rings (SSSR count). The van der Waals surface area contributed by atoms with Crippen LogP contribution in [-0.4, -0.2) is 52.6 Å². The highest BCUT2D eigenvalue weighted by Crippen LogP contribution is 2.27. The predicted octanol–water partition coefficient (Wildman–Crippen LogP) is 1.27. The van der Waals surface area contributed by atoms with Gasteiger partial charge in [-0.1, -0.05) is 0 Å². The summed E-state index contributed by atoms with van der Waals surface area (Å²) in [5, 5.41) is 23.5. The Bertz CT molecular complexity index is 876. The molecule has 0 aromatic carbocycles. The lowest BCUT2D eigenvalue weighted by atomic mass is 9.83. The van der Waals surface area contributed by atoms with Gasteiger partial charge in [0.15, 0.2) is 0 Å². The van der Waals surface area contributed by atoms with Crippen molar-refractivity contribution in [3.05, 3.63) is 40.1 Å². The molecule has 4 N–H and O–H groups in total. The molecule has 2 aromatic rings. The minimum Gasteiger partial charge on any atom is -0.483 e. The first-order valence-electron chi connectivity index (χ1n) is 9.17. The van der Waals surface area contributed by atoms with Crippen molar-refractivity contribution in [1.82, 2.24) is 20.6 Å². The molecule has 10 nitrogen and oxygen atoms in total. The van der Waals surface area contributed by atoms with E-state index in [1.165, 1.54) is 23.6 Å². The van der Waals surface area contributed by atoms with Crippen LogP contribution >= 0.6 is 11.3 Å². The molecule has 0 spiro atoms. The third-order valence-corrected chi connectivity index (χ3v) is 5.40. The minimum atomic E-state index is -0.282. The first-order valence-corrected chi connectivity index (χ1v) is 10.1. The number of carbonyl (C=O) groups is 3. The first-order chi connectivity index (χ1) is 14.5. The fraction of sp³-hybridized carbons (Fsp3) is 0.421. The van der Waals surface area contributed by atoms with Crippen LogP contribution in [0.1, 0.15) is 41.0 Å². The van der Waals surface area contributed by atoms with Crippen molar-refractivity contribution in [1.29, 1.82) is 5.26 Å². The molecule has 0 saturated heterocycles. The maximum absolute atomic E-state index is 12.4. The molecule has 160 valence electrons. The lowest BCUT2D eigenvalue weighted by Crippen LogP contribution is -2.49. The summed E-state index contributed by atoms with van der Waals surface area (Å²) in [6.07, 6.45) is 3.10. The van der Waals surface area contributed by atoms with Crippen LogP contribution in [0.4, 0.5) is 0 Å². The van der Waals surface area contributed by atoms with Gasteiger partial charge in [-0.15, -0.1) is 11.3 Å². The number of nitriles is 1. The van der Waals surface area contributed by atoms with E-state index in [0.29, 0.717) is 37.1 Å². The molecule has 11 heteroatoms. The average molecular weight is 433 g/mol. The number of aromatic amines is 1. The Kier molecular flexibility index (Phi) is 8.99. The zero-order chi connectivity index (χ0) is 21.9. The van der Waals surface area contributed by atoms with Crippen molar-refractivity contribution in [3.8, 4) is 6.07 Å². The second-order valence-corrected chi connectivity index (χ2v) is 7.30. The summed E-state index contributed by atoms with van der Waals surface area (Å²) < 4.78 is 5.53. The topological polar surface area (TPSA) is 157 Å². The fourth-order valence-electron chi connectivity index (χ4n) is 3.28. The third-order valence-electron chi connectivity index (χ3n) is 4.77. The zero-order valence-corrected chi connectivity index (χ0v) is 17.1. The summed E-state index contributed by atoms with van der Waals surface area (Å²) in [4.78, 5) is 40.1. The van der Waals surface area contributed by atoms with Crippen LogP contribution in [0.15, 0.2) is 23.2 Å². The molecule has 0 radical (unpaired) electrons. The number of rotatable bonds is 6. The third kappa shape index (κ3) is 6.40. The van der Waals surface area contributed by atoms with Crippen molar-refractivity contribution in [2.45, 2.75) is 38.0 Å². The molecule has 0 bridgehead atoms. The van der Waals surface area contributed by atoms with Crippen LogP contribution in [0, 0.1) is 17.2 Å². The Balaban J connectivity index is 0.00000101. The molecule has 1 aliphatic carbocycles. The van der Waals surface area contributed by atoms with E-state index in [0.717, 1.165) is 5.69 Å². The molecule has 30 heavy (non-hydrogen) atoms. The number of ether oxygens (including phenoxy) is 1. The lowest BCUT2D eigenvalue weighted by Gasteiger charge is -2.35. The van der Waals surface area contributed by atoms with Gasteiger partial charge in [0.25, 0.3) is 12.4 Å². The Morgan fingerprint density at radius 2 is 2.27 bits per heavy atom. The number of thiazole rings is 1. The van der Waals surface area contributed by atoms with E-state index in [2.05, 4.69) is 20.6 Å². The molecular weight excluding hydrogens is 410 g/mol. The Labute approximate surface area is 177 Å². The van der Waals surface area contributed by atoms with Crippen LogP contribution < -0.4 is 10.6 Å². The van der Waals surface area contributed by atoms with Gasteiger partial charge in [-0.3, -0.25) is 14.4 Å². The quantitative estimate of drug-likeness (QED) is 0.500. The van der Waals surface area contributed by atoms with E-state index in [1.807, 2.05) is 11.4 Å². The highest BCUT2D eigenvalue weighted by molar-refractivity contribution is 7.07. The normalized spacial score (nSPS) is 20.2. The van der Waals surface area contributed by atoms with Crippen molar-refractivity contribution in [2.24, 2.45) is 5.92 Å². The molecule has 0 unspecified atom stereocenters. The van der Waals surface area contributed by atoms with E-state index >= 15 is 0 Å². The van der Waals surface area contributed by atoms with Crippen molar-refractivity contribution >= 4 is 29.6 Å². The molecule has 1 aliphatic rings. The zero-order valence-electron chi connectivity index (χ0n) is 16.3. The van der Waals surface area contributed by atoms with Crippen LogP contribution in [0.5, 0.6) is 0 Å². The van der Waals surface area contributed by atoms with Crippen LogP contribution in [0.2, 0.25) is 0 Å². The number of nitrogens with zero attached hydrogens (tertiary/aromatic N) is 2. The van der Waals surface area contributed by atoms with Gasteiger partial charge >= 0.3 is 0 Å². The summed E-state index contributed by atoms with van der Waals surface area (Å²) in [5.74, 6) is -0.453. The maximum Gasteiger partial charge on any atom is 0.290 e. The van der Waals surface area contributed by atoms with Gasteiger partial charge in [0.2, 0.25) is 5.91 Å². The largest absolute Gasteiger partial charge is 0.483 e. The standard InChI is InChI=1S/C18H21N5O3S.CH2O2/c1-26-16-5-12(17(24)21-8-13-9-27-10-22-13)2-3-14(16)23-18(25)15-4-11(6-19)7-20-15;2-1-3/h4,7,9-10,12,14,16,20H,2-3,5,8H2,1H3,(H,21,24)(H,23,25);1H,(H,2,3)/t12-,14+,16+;/m0./s1. The smallest absolute Gasteiger partial charge is 0.290 e. The van der Waals surface area contributed by atoms with Crippen LogP contribution in [0.25, 0.3) is 0 Å². The number of H-pyrrole nitrogens is 1. The van der Waals surface area contributed by atoms with E-state index < -0.39 is 0 Å². The molecule has 3 atom stereocenters. The fourth-order valence-corrected chi connectivity index (χ4v) is 3.83. The van der Waals surface area contributed by atoms with Gasteiger partial charge in [0.05, 0.1) is 35.5 Å². The monoisotopic (exact) mass is 433 g/mol. The van der Waals surface area contributed by atoms with Crippen molar-refractivity contribution in [2.75, 3.05) is 7.11 Å². The number of amides is 2. The van der Waals surface area contributed by atoms with Crippen molar-refractivity contribution in [3.63, 3.8) is 0 Å². The average Bonchev–Trinajstić information content (AvgIpc) is 3.44. The van der Waals surface area contributed by atoms with Gasteiger partial charge in [-0.25, -0.2) is 4.98 Å². The second kappa shape index (κ2) is 11.7. The number of hydrogen-bond donors (Lipinski definition) is 4. The number of methoxy groups -OCH3 is 1. The Hall–Kier alpha value is -3.23. The predicted molar refractivity (Wildman–Crippen MR) is 108 cm³/mol. The van der Waals surface area contributed by atoms with E-state index in [4.69, 9.17) is 19.9 Å². The molecule has 0 aliphatic heterocycles. The molecule has 2 amide bonds. The van der Waals surface area contributed by atoms with Gasteiger partial charge in [-0.05, 0) is 25.3 Å². The summed E-state index contributed by atoms with van der Waals surface area (Å²) >= 11 is 1.49. The van der Waals surface area contributed by atoms with Crippen LogP contribution in [0.3, 0.4) is 0 Å². The number of hydrogen-bond acceptors (Lipinski definition) is 7. The van der Waals surface area contributed by atoms with Crippen LogP contribution in [-0.2, 0) is 20.9 Å². The first kappa shape index (κ1) is 23.1. The number of carbonyl (C=O) groups excluding carboxylic acids is 2. The van der Waals surface area contributed by atoms with E-state index in [1.54, 1.807) is 12.6 Å². The van der Waals surface area contributed by atoms with Gasteiger partial charge in [0, 0.05) is 24.6 Å². The summed E-state index contributed by atoms with van der Waals surface area (Å²) in [5.41, 5.74) is 3.33. The number of nitrogens with one attached hydrogen (secondary N) is 3. The highest BCUT2D eigenvalue weighted by Gasteiger charge is 2.35. The Morgan fingerprint density at radius 1 is 1.50 bits per heavy atom. The minimum absolute atomic E-state index is 0.0159. The molecule has 1 saturated carbocycles. The lowest BCUT2D eigenvalue weighted by molar-refractivity contribution is -0.128. The maximum atomic E-state index is 12.4. The van der Waals surface area contributed by atoms with Gasteiger partial charge in [-0.2, -0.15) is 5.26 Å². The molecule has 2 aromatic heterocycles. The summed E-state index contributed by atoms with van der Waals surface area (Å²) in [6, 6.07) is 3.31.